The highest BCUT2D eigenvalue weighted by Crippen LogP contribution is 2.18. The predicted octanol–water partition coefficient (Wildman–Crippen LogP) is 21.8. The van der Waals surface area contributed by atoms with Crippen molar-refractivity contribution in [3.8, 4) is 0 Å². The Labute approximate surface area is 469 Å². The average molecular weight is 1060 g/mol. The third-order valence-electron chi connectivity index (χ3n) is 16.0. The van der Waals surface area contributed by atoms with Crippen LogP contribution in [0.25, 0.3) is 0 Å². The Balaban J connectivity index is 3.42. The number of unbranched alkanes of at least 4 members (excludes halogenated alkanes) is 49. The van der Waals surface area contributed by atoms with Crippen LogP contribution in [0.1, 0.15) is 380 Å². The monoisotopic (exact) mass is 1060 g/mol. The molecule has 6 nitrogen and oxygen atoms in total. The van der Waals surface area contributed by atoms with Crippen LogP contribution < -0.4 is 5.32 Å². The molecule has 0 aliphatic heterocycles. The summed E-state index contributed by atoms with van der Waals surface area (Å²) >= 11 is 0. The van der Waals surface area contributed by atoms with Crippen LogP contribution in [0.15, 0.2) is 24.3 Å². The number of ether oxygens (including phenoxy) is 1. The number of nitrogens with one attached hydrogen (secondary N) is 1. The van der Waals surface area contributed by atoms with E-state index in [-0.39, 0.29) is 18.5 Å². The van der Waals surface area contributed by atoms with E-state index in [2.05, 4.69) is 43.5 Å². The first kappa shape index (κ1) is 73.3. The number of rotatable bonds is 64. The molecule has 0 saturated heterocycles. The second kappa shape index (κ2) is 64.9. The number of aliphatic hydroxyl groups is 2. The van der Waals surface area contributed by atoms with Crippen molar-refractivity contribution in [1.82, 2.24) is 5.32 Å². The van der Waals surface area contributed by atoms with Crippen LogP contribution in [0.5, 0.6) is 0 Å². The molecule has 0 aromatic carbocycles. The SMILES string of the molecule is CCCCC/C=C\CCCCCCCC(=O)OCCCCCCCCCCCCC/C=C\CCCCCCCCCC(=O)NC(CO)C(O)CCCCCCCCCCCCCCCCCCCCCCCCCC. The van der Waals surface area contributed by atoms with E-state index < -0.39 is 12.1 Å². The number of carbonyl (C=O) groups excluding carboxylic acids is 2. The van der Waals surface area contributed by atoms with Crippen LogP contribution in [0, 0.1) is 0 Å². The molecule has 2 atom stereocenters. The molecule has 6 heteroatoms. The van der Waals surface area contributed by atoms with Gasteiger partial charge in [0.2, 0.25) is 5.91 Å². The maximum atomic E-state index is 12.5. The third-order valence-corrected chi connectivity index (χ3v) is 16.0. The molecule has 2 unspecified atom stereocenters. The molecular formula is C69H133NO5. The third kappa shape index (κ3) is 61.4. The van der Waals surface area contributed by atoms with Gasteiger partial charge in [-0.25, -0.2) is 0 Å². The van der Waals surface area contributed by atoms with Crippen molar-refractivity contribution in [2.24, 2.45) is 0 Å². The van der Waals surface area contributed by atoms with E-state index in [0.29, 0.717) is 25.9 Å². The number of hydrogen-bond donors (Lipinski definition) is 3. The summed E-state index contributed by atoms with van der Waals surface area (Å²) in [6, 6.07) is -0.548. The fraction of sp³-hybridized carbons (Fsp3) is 0.913. The zero-order valence-electron chi connectivity index (χ0n) is 50.8. The highest BCUT2D eigenvalue weighted by Gasteiger charge is 2.20. The summed E-state index contributed by atoms with van der Waals surface area (Å²) in [6.45, 7) is 4.95. The largest absolute Gasteiger partial charge is 0.466 e. The zero-order chi connectivity index (χ0) is 54.3. The van der Waals surface area contributed by atoms with Gasteiger partial charge in [0, 0.05) is 12.8 Å². The summed E-state index contributed by atoms with van der Waals surface area (Å²) in [4.78, 5) is 24.6. The van der Waals surface area contributed by atoms with Gasteiger partial charge in [0.25, 0.3) is 0 Å². The van der Waals surface area contributed by atoms with E-state index in [9.17, 15) is 19.8 Å². The molecule has 0 rings (SSSR count). The van der Waals surface area contributed by atoms with Crippen LogP contribution in [-0.4, -0.2) is 47.4 Å². The molecule has 0 spiro atoms. The van der Waals surface area contributed by atoms with Gasteiger partial charge in [0.1, 0.15) is 0 Å². The molecule has 0 aromatic heterocycles. The van der Waals surface area contributed by atoms with Gasteiger partial charge in [0.05, 0.1) is 25.4 Å². The van der Waals surface area contributed by atoms with Crippen molar-refractivity contribution in [3.63, 3.8) is 0 Å². The Morgan fingerprint density at radius 1 is 0.360 bits per heavy atom. The lowest BCUT2D eigenvalue weighted by molar-refractivity contribution is -0.143. The standard InChI is InChI=1S/C69H133NO5/c1-3-5-7-9-11-13-15-17-18-19-20-21-22-23-26-29-32-35-38-41-45-49-53-57-61-67(72)66(65-71)70-68(73)62-58-54-50-46-42-39-36-33-30-27-24-25-28-31-34-37-40-44-48-52-56-60-64-75-69(74)63-59-55-51-47-43-16-14-12-10-8-6-4-2/h12,14,27,30,66-67,71-72H,3-11,13,15-26,28-29,31-65H2,1-2H3,(H,70,73)/b14-12-,30-27-. The Morgan fingerprint density at radius 2 is 0.627 bits per heavy atom. The smallest absolute Gasteiger partial charge is 0.305 e. The van der Waals surface area contributed by atoms with Crippen molar-refractivity contribution >= 4 is 11.9 Å². The van der Waals surface area contributed by atoms with Crippen molar-refractivity contribution in [2.45, 2.75) is 392 Å². The normalized spacial score (nSPS) is 12.6. The molecule has 3 N–H and O–H groups in total. The van der Waals surface area contributed by atoms with Gasteiger partial charge in [-0.2, -0.15) is 0 Å². The van der Waals surface area contributed by atoms with Crippen molar-refractivity contribution in [1.29, 1.82) is 0 Å². The number of carbonyl (C=O) groups is 2. The Bertz CT molecular complexity index is 1170. The molecule has 0 heterocycles. The Morgan fingerprint density at radius 3 is 0.973 bits per heavy atom. The lowest BCUT2D eigenvalue weighted by atomic mass is 10.0. The Hall–Kier alpha value is -1.66. The Kier molecular flexibility index (Phi) is 63.4. The van der Waals surface area contributed by atoms with Gasteiger partial charge < -0.3 is 20.3 Å². The summed E-state index contributed by atoms with van der Waals surface area (Å²) < 4.78 is 5.47. The lowest BCUT2D eigenvalue weighted by Gasteiger charge is -2.22. The summed E-state index contributed by atoms with van der Waals surface area (Å²) in [6.07, 6.45) is 80.7. The fourth-order valence-corrected chi connectivity index (χ4v) is 10.7. The second-order valence-corrected chi connectivity index (χ2v) is 23.5. The molecule has 0 aliphatic carbocycles. The quantitative estimate of drug-likeness (QED) is 0.0320. The number of hydrogen-bond acceptors (Lipinski definition) is 5. The first-order chi connectivity index (χ1) is 37.0. The topological polar surface area (TPSA) is 95.9 Å². The molecule has 0 aromatic rings. The van der Waals surface area contributed by atoms with Gasteiger partial charge >= 0.3 is 5.97 Å². The van der Waals surface area contributed by atoms with Crippen LogP contribution >= 0.6 is 0 Å². The summed E-state index contributed by atoms with van der Waals surface area (Å²) in [5, 5.41) is 23.4. The van der Waals surface area contributed by atoms with Gasteiger partial charge in [-0.05, 0) is 77.0 Å². The molecule has 0 fully saturated rings. The molecule has 0 aliphatic rings. The van der Waals surface area contributed by atoms with Crippen LogP contribution in [0.4, 0.5) is 0 Å². The molecule has 1 amide bonds. The van der Waals surface area contributed by atoms with Crippen molar-refractivity contribution in [2.75, 3.05) is 13.2 Å². The number of amides is 1. The van der Waals surface area contributed by atoms with Crippen LogP contribution in [0.2, 0.25) is 0 Å². The summed E-state index contributed by atoms with van der Waals surface area (Å²) in [7, 11) is 0. The minimum atomic E-state index is -0.670. The number of aliphatic hydroxyl groups excluding tert-OH is 2. The molecule has 444 valence electrons. The first-order valence-corrected chi connectivity index (χ1v) is 34.1. The van der Waals surface area contributed by atoms with Gasteiger partial charge in [-0.1, -0.05) is 314 Å². The summed E-state index contributed by atoms with van der Waals surface area (Å²) in [5.74, 6) is -0.0371. The first-order valence-electron chi connectivity index (χ1n) is 34.1. The minimum Gasteiger partial charge on any atom is -0.466 e. The van der Waals surface area contributed by atoms with E-state index in [4.69, 9.17) is 4.74 Å². The van der Waals surface area contributed by atoms with E-state index in [1.54, 1.807) is 0 Å². The van der Waals surface area contributed by atoms with E-state index >= 15 is 0 Å². The zero-order valence-corrected chi connectivity index (χ0v) is 50.8. The second-order valence-electron chi connectivity index (χ2n) is 23.5. The number of esters is 1. The van der Waals surface area contributed by atoms with E-state index in [1.165, 1.54) is 302 Å². The van der Waals surface area contributed by atoms with Crippen molar-refractivity contribution < 1.29 is 24.5 Å². The molecule has 0 saturated carbocycles. The predicted molar refractivity (Wildman–Crippen MR) is 329 cm³/mol. The molecule has 0 radical (unpaired) electrons. The van der Waals surface area contributed by atoms with Gasteiger partial charge in [-0.3, -0.25) is 9.59 Å². The van der Waals surface area contributed by atoms with E-state index in [1.807, 2.05) is 0 Å². The highest BCUT2D eigenvalue weighted by molar-refractivity contribution is 5.76. The molecule has 0 bridgehead atoms. The lowest BCUT2D eigenvalue weighted by Crippen LogP contribution is -2.45. The van der Waals surface area contributed by atoms with E-state index in [0.717, 1.165) is 44.9 Å². The molecular weight excluding hydrogens is 923 g/mol. The minimum absolute atomic E-state index is 0.000618. The van der Waals surface area contributed by atoms with Crippen molar-refractivity contribution in [3.05, 3.63) is 24.3 Å². The average Bonchev–Trinajstić information content (AvgIpc) is 3.41. The fourth-order valence-electron chi connectivity index (χ4n) is 10.7. The van der Waals surface area contributed by atoms with Gasteiger partial charge in [-0.15, -0.1) is 0 Å². The maximum Gasteiger partial charge on any atom is 0.305 e. The highest BCUT2D eigenvalue weighted by atomic mass is 16.5. The van der Waals surface area contributed by atoms with Gasteiger partial charge in [0.15, 0.2) is 0 Å². The summed E-state index contributed by atoms with van der Waals surface area (Å²) in [5.41, 5.74) is 0. The maximum absolute atomic E-state index is 12.5. The molecule has 75 heavy (non-hydrogen) atoms. The van der Waals surface area contributed by atoms with Crippen LogP contribution in [0.3, 0.4) is 0 Å². The number of allylic oxidation sites excluding steroid dienone is 4. The van der Waals surface area contributed by atoms with Crippen LogP contribution in [-0.2, 0) is 14.3 Å².